The van der Waals surface area contributed by atoms with Crippen molar-refractivity contribution in [1.29, 1.82) is 0 Å². The van der Waals surface area contributed by atoms with E-state index < -0.39 is 27.0 Å². The van der Waals surface area contributed by atoms with Crippen molar-refractivity contribution >= 4 is 50.0 Å². The number of sulfonamides is 1. The second-order valence-electron chi connectivity index (χ2n) is 7.12. The maximum absolute atomic E-state index is 12.7. The fraction of sp³-hybridized carbons (Fsp3) is 0.263. The summed E-state index contributed by atoms with van der Waals surface area (Å²) in [7, 11) is -4.14. The molecule has 1 aliphatic rings. The Kier molecular flexibility index (Phi) is 5.91. The predicted molar refractivity (Wildman–Crippen MR) is 117 cm³/mol. The van der Waals surface area contributed by atoms with Crippen LogP contribution < -0.4 is 9.62 Å². The van der Waals surface area contributed by atoms with Crippen LogP contribution in [-0.2, 0) is 10.0 Å². The normalized spacial score (nSPS) is 18.6. The molecule has 1 fully saturated rings. The van der Waals surface area contributed by atoms with Gasteiger partial charge in [-0.3, -0.25) is 5.21 Å². The molecule has 7 nitrogen and oxygen atoms in total. The monoisotopic (exact) mass is 451 g/mol. The van der Waals surface area contributed by atoms with Crippen LogP contribution in [0.2, 0.25) is 0 Å². The summed E-state index contributed by atoms with van der Waals surface area (Å²) < 4.78 is 26.8. The number of thioether (sulfide) groups is 1. The SMILES string of the molecule is Cc1ccc(S(=O)(=O)NC(=O)N(O)[C@@H]2N(c3ccccc3)C(=S)SC2(C)C)cc1. The molecular formula is C19H21N3O4S3. The Bertz CT molecular complexity index is 1020. The Labute approximate surface area is 179 Å². The summed E-state index contributed by atoms with van der Waals surface area (Å²) in [6.45, 7) is 5.47. The minimum Gasteiger partial charge on any atom is -0.302 e. The minimum atomic E-state index is -4.14. The molecule has 10 heteroatoms. The van der Waals surface area contributed by atoms with Gasteiger partial charge in [0.15, 0.2) is 6.17 Å². The van der Waals surface area contributed by atoms with Gasteiger partial charge in [-0.2, -0.15) is 5.06 Å². The van der Waals surface area contributed by atoms with Gasteiger partial charge in [-0.1, -0.05) is 59.9 Å². The van der Waals surface area contributed by atoms with Gasteiger partial charge in [-0.15, -0.1) is 0 Å². The van der Waals surface area contributed by atoms with Crippen LogP contribution in [0.5, 0.6) is 0 Å². The summed E-state index contributed by atoms with van der Waals surface area (Å²) in [4.78, 5) is 14.2. The van der Waals surface area contributed by atoms with Gasteiger partial charge in [0.05, 0.1) is 9.64 Å². The molecular weight excluding hydrogens is 430 g/mol. The van der Waals surface area contributed by atoms with Crippen LogP contribution in [-0.4, -0.2) is 40.0 Å². The maximum Gasteiger partial charge on any atom is 0.357 e. The molecule has 0 saturated carbocycles. The zero-order valence-electron chi connectivity index (χ0n) is 16.1. The first-order chi connectivity index (χ1) is 13.5. The first-order valence-corrected chi connectivity index (χ1v) is 11.4. The number of anilines is 1. The topological polar surface area (TPSA) is 90.0 Å². The van der Waals surface area contributed by atoms with Crippen LogP contribution in [0.15, 0.2) is 59.5 Å². The van der Waals surface area contributed by atoms with Crippen LogP contribution in [0.4, 0.5) is 10.5 Å². The van der Waals surface area contributed by atoms with Gasteiger partial charge >= 0.3 is 6.03 Å². The summed E-state index contributed by atoms with van der Waals surface area (Å²) in [6, 6.07) is 14.0. The number of hydroxylamine groups is 2. The number of amides is 2. The molecule has 154 valence electrons. The number of nitrogens with zero attached hydrogens (tertiary/aromatic N) is 2. The van der Waals surface area contributed by atoms with Gasteiger partial charge in [0, 0.05) is 5.69 Å². The molecule has 2 N–H and O–H groups in total. The largest absolute Gasteiger partial charge is 0.357 e. The Balaban J connectivity index is 1.88. The van der Waals surface area contributed by atoms with Crippen molar-refractivity contribution in [2.75, 3.05) is 4.90 Å². The van der Waals surface area contributed by atoms with Crippen LogP contribution in [0.25, 0.3) is 0 Å². The molecule has 1 heterocycles. The quantitative estimate of drug-likeness (QED) is 0.416. The van der Waals surface area contributed by atoms with E-state index in [1.54, 1.807) is 29.2 Å². The van der Waals surface area contributed by atoms with E-state index in [-0.39, 0.29) is 4.90 Å². The fourth-order valence-electron chi connectivity index (χ4n) is 3.03. The third-order valence-electron chi connectivity index (χ3n) is 4.44. The first-order valence-electron chi connectivity index (χ1n) is 8.72. The number of carbonyl (C=O) groups is 1. The zero-order chi connectivity index (χ0) is 21.4. The molecule has 0 radical (unpaired) electrons. The Morgan fingerprint density at radius 3 is 2.34 bits per heavy atom. The molecule has 1 aliphatic heterocycles. The summed E-state index contributed by atoms with van der Waals surface area (Å²) in [5.41, 5.74) is 1.57. The lowest BCUT2D eigenvalue weighted by Gasteiger charge is -2.36. The maximum atomic E-state index is 12.7. The Morgan fingerprint density at radius 2 is 1.76 bits per heavy atom. The van der Waals surface area contributed by atoms with Crippen molar-refractivity contribution in [2.45, 2.75) is 36.6 Å². The predicted octanol–water partition coefficient (Wildman–Crippen LogP) is 3.73. The average Bonchev–Trinajstić information content (AvgIpc) is 2.90. The van der Waals surface area contributed by atoms with E-state index in [0.717, 1.165) is 5.56 Å². The molecule has 0 bridgehead atoms. The zero-order valence-corrected chi connectivity index (χ0v) is 18.5. The second kappa shape index (κ2) is 7.94. The number of benzene rings is 2. The minimum absolute atomic E-state index is 0.0691. The third-order valence-corrected chi connectivity index (χ3v) is 7.33. The lowest BCUT2D eigenvalue weighted by Crippen LogP contribution is -2.57. The first kappa shape index (κ1) is 21.6. The van der Waals surface area contributed by atoms with Crippen LogP contribution in [0.1, 0.15) is 19.4 Å². The molecule has 2 aromatic rings. The summed E-state index contributed by atoms with van der Waals surface area (Å²) >= 11 is 6.78. The van der Waals surface area contributed by atoms with Crippen molar-refractivity contribution in [3.05, 3.63) is 60.2 Å². The van der Waals surface area contributed by atoms with E-state index in [2.05, 4.69) is 0 Å². The molecule has 1 saturated heterocycles. The molecule has 0 aromatic heterocycles. The van der Waals surface area contributed by atoms with Crippen molar-refractivity contribution < 1.29 is 18.4 Å². The van der Waals surface area contributed by atoms with E-state index in [1.165, 1.54) is 23.9 Å². The molecule has 1 atom stereocenters. The number of aryl methyl sites for hydroxylation is 1. The highest BCUT2D eigenvalue weighted by Crippen LogP contribution is 2.44. The molecule has 3 rings (SSSR count). The van der Waals surface area contributed by atoms with Crippen LogP contribution >= 0.6 is 24.0 Å². The number of thiocarbonyl (C=S) groups is 1. The van der Waals surface area contributed by atoms with E-state index in [9.17, 15) is 18.4 Å². The standard InChI is InChI=1S/C19H21N3O4S3/c1-13-9-11-15(12-10-13)29(25,26)20-17(23)22(24)16-19(2,3)28-18(27)21(16)14-7-5-4-6-8-14/h4-12,16,24H,1-3H3,(H,20,23)/t16-/m0/s1. The molecule has 0 aliphatic carbocycles. The summed E-state index contributed by atoms with van der Waals surface area (Å²) in [5, 5.41) is 11.1. The number of hydrogen-bond acceptors (Lipinski definition) is 6. The number of hydrogen-bond donors (Lipinski definition) is 2. The molecule has 29 heavy (non-hydrogen) atoms. The van der Waals surface area contributed by atoms with Gasteiger partial charge in [0.25, 0.3) is 10.0 Å². The van der Waals surface area contributed by atoms with E-state index in [0.29, 0.717) is 15.1 Å². The van der Waals surface area contributed by atoms with Gasteiger partial charge in [0.2, 0.25) is 0 Å². The highest BCUT2D eigenvalue weighted by molar-refractivity contribution is 8.24. The van der Waals surface area contributed by atoms with E-state index in [1.807, 2.05) is 43.7 Å². The van der Waals surface area contributed by atoms with E-state index in [4.69, 9.17) is 12.2 Å². The number of urea groups is 1. The van der Waals surface area contributed by atoms with Crippen molar-refractivity contribution in [3.8, 4) is 0 Å². The van der Waals surface area contributed by atoms with Crippen molar-refractivity contribution in [1.82, 2.24) is 9.79 Å². The van der Waals surface area contributed by atoms with E-state index >= 15 is 0 Å². The average molecular weight is 452 g/mol. The fourth-order valence-corrected chi connectivity index (χ4v) is 5.88. The third kappa shape index (κ3) is 4.40. The second-order valence-corrected chi connectivity index (χ2v) is 11.1. The lowest BCUT2D eigenvalue weighted by molar-refractivity contribution is -0.0795. The Hall–Kier alpha value is -2.14. The highest BCUT2D eigenvalue weighted by Gasteiger charge is 2.50. The van der Waals surface area contributed by atoms with Crippen LogP contribution in [0, 0.1) is 6.92 Å². The number of carbonyl (C=O) groups excluding carboxylic acids is 1. The smallest absolute Gasteiger partial charge is 0.302 e. The number of para-hydroxylation sites is 1. The molecule has 2 amide bonds. The van der Waals surface area contributed by atoms with Crippen molar-refractivity contribution in [2.24, 2.45) is 0 Å². The Morgan fingerprint density at radius 1 is 1.17 bits per heavy atom. The molecule has 0 spiro atoms. The van der Waals surface area contributed by atoms with Crippen molar-refractivity contribution in [3.63, 3.8) is 0 Å². The summed E-state index contributed by atoms with van der Waals surface area (Å²) in [5.74, 6) is 0. The van der Waals surface area contributed by atoms with Crippen LogP contribution in [0.3, 0.4) is 0 Å². The number of nitrogens with one attached hydrogen (secondary N) is 1. The number of rotatable bonds is 4. The summed E-state index contributed by atoms with van der Waals surface area (Å²) in [6.07, 6.45) is -0.907. The molecule has 2 aromatic carbocycles. The highest BCUT2D eigenvalue weighted by atomic mass is 32.2. The molecule has 0 unspecified atom stereocenters. The van der Waals surface area contributed by atoms with Gasteiger partial charge in [-0.05, 0) is 45.0 Å². The van der Waals surface area contributed by atoms with Gasteiger partial charge in [0.1, 0.15) is 4.32 Å². The van der Waals surface area contributed by atoms with Gasteiger partial charge in [-0.25, -0.2) is 17.9 Å². The van der Waals surface area contributed by atoms with Gasteiger partial charge < -0.3 is 4.90 Å². The lowest BCUT2D eigenvalue weighted by atomic mass is 10.1.